The summed E-state index contributed by atoms with van der Waals surface area (Å²) in [5, 5.41) is 0. The molecule has 1 heteroatoms. The van der Waals surface area contributed by atoms with Gasteiger partial charge < -0.3 is 0 Å². The maximum absolute atomic E-state index is 11.8. The van der Waals surface area contributed by atoms with Crippen LogP contribution in [0.1, 0.15) is 71.1 Å². The Morgan fingerprint density at radius 1 is 1.20 bits per heavy atom. The molecule has 0 saturated carbocycles. The zero-order valence-electron chi connectivity index (χ0n) is 10.1. The summed E-state index contributed by atoms with van der Waals surface area (Å²) in [6, 6.07) is 0. The largest absolute Gasteiger partial charge is 0.295 e. The average Bonchev–Trinajstić information content (AvgIpc) is 2.52. The molecule has 0 unspecified atom stereocenters. The lowest BCUT2D eigenvalue weighted by atomic mass is 10.0. The van der Waals surface area contributed by atoms with Crippen LogP contribution in [0.3, 0.4) is 0 Å². The van der Waals surface area contributed by atoms with Crippen LogP contribution < -0.4 is 0 Å². The van der Waals surface area contributed by atoms with Crippen LogP contribution in [0.2, 0.25) is 0 Å². The third-order valence-electron chi connectivity index (χ3n) is 3.16. The van der Waals surface area contributed by atoms with Crippen LogP contribution in [-0.4, -0.2) is 5.78 Å². The summed E-state index contributed by atoms with van der Waals surface area (Å²) in [7, 11) is 0. The first-order valence-electron chi connectivity index (χ1n) is 6.57. The van der Waals surface area contributed by atoms with Crippen LogP contribution in [0, 0.1) is 0 Å². The van der Waals surface area contributed by atoms with Crippen molar-refractivity contribution in [2.75, 3.05) is 0 Å². The Hall–Kier alpha value is -0.590. The first-order valence-corrected chi connectivity index (χ1v) is 6.57. The molecule has 15 heavy (non-hydrogen) atoms. The van der Waals surface area contributed by atoms with Crippen molar-refractivity contribution in [3.05, 3.63) is 11.6 Å². The minimum atomic E-state index is 0.424. The van der Waals surface area contributed by atoms with Gasteiger partial charge in [0.15, 0.2) is 5.78 Å². The van der Waals surface area contributed by atoms with E-state index in [1.807, 2.05) is 0 Å². The second kappa shape index (κ2) is 7.67. The Bertz CT molecular complexity index is 215. The molecular weight excluding hydrogens is 184 g/mol. The van der Waals surface area contributed by atoms with Crippen molar-refractivity contribution in [1.29, 1.82) is 0 Å². The first-order chi connectivity index (χ1) is 7.34. The summed E-state index contributed by atoms with van der Waals surface area (Å²) >= 11 is 0. The maximum Gasteiger partial charge on any atom is 0.158 e. The average molecular weight is 208 g/mol. The molecule has 0 atom stereocenters. The lowest BCUT2D eigenvalue weighted by Crippen LogP contribution is -2.02. The van der Waals surface area contributed by atoms with E-state index >= 15 is 0 Å². The van der Waals surface area contributed by atoms with E-state index in [2.05, 4.69) is 13.0 Å². The molecule has 1 aliphatic rings. The summed E-state index contributed by atoms with van der Waals surface area (Å²) < 4.78 is 0. The predicted molar refractivity (Wildman–Crippen MR) is 64.9 cm³/mol. The van der Waals surface area contributed by atoms with Crippen molar-refractivity contribution >= 4 is 5.78 Å². The van der Waals surface area contributed by atoms with Crippen LogP contribution in [0.5, 0.6) is 0 Å². The predicted octanol–water partition coefficient (Wildman–Crippen LogP) is 4.42. The summed E-state index contributed by atoms with van der Waals surface area (Å²) in [6.07, 6.45) is 13.7. The lowest BCUT2D eigenvalue weighted by molar-refractivity contribution is -0.115. The smallest absolute Gasteiger partial charge is 0.158 e. The van der Waals surface area contributed by atoms with Crippen molar-refractivity contribution in [2.24, 2.45) is 0 Å². The van der Waals surface area contributed by atoms with Gasteiger partial charge in [-0.15, -0.1) is 0 Å². The second-order valence-electron chi connectivity index (χ2n) is 4.56. The SMILES string of the molecule is CCCCCCC(=O)C1=CCCCCC1. The fraction of sp³-hybridized carbons (Fsp3) is 0.786. The highest BCUT2D eigenvalue weighted by atomic mass is 16.1. The third kappa shape index (κ3) is 5.15. The van der Waals surface area contributed by atoms with E-state index in [9.17, 15) is 4.79 Å². The van der Waals surface area contributed by atoms with E-state index in [1.165, 1.54) is 38.5 Å². The second-order valence-corrected chi connectivity index (χ2v) is 4.56. The number of hydrogen-bond acceptors (Lipinski definition) is 1. The highest BCUT2D eigenvalue weighted by Crippen LogP contribution is 2.19. The van der Waals surface area contributed by atoms with Gasteiger partial charge in [-0.2, -0.15) is 0 Å². The molecule has 0 aromatic rings. The van der Waals surface area contributed by atoms with E-state index in [-0.39, 0.29) is 0 Å². The molecule has 0 fully saturated rings. The van der Waals surface area contributed by atoms with Gasteiger partial charge in [0.25, 0.3) is 0 Å². The first kappa shape index (κ1) is 12.5. The molecule has 0 bridgehead atoms. The topological polar surface area (TPSA) is 17.1 Å². The van der Waals surface area contributed by atoms with Crippen LogP contribution >= 0.6 is 0 Å². The molecule has 0 aromatic carbocycles. The number of carbonyl (C=O) groups is 1. The summed E-state index contributed by atoms with van der Waals surface area (Å²) in [5.74, 6) is 0.424. The van der Waals surface area contributed by atoms with E-state index < -0.39 is 0 Å². The van der Waals surface area contributed by atoms with Crippen molar-refractivity contribution in [3.63, 3.8) is 0 Å². The Labute approximate surface area is 93.9 Å². The highest BCUT2D eigenvalue weighted by molar-refractivity contribution is 5.95. The zero-order chi connectivity index (χ0) is 10.9. The number of rotatable bonds is 6. The fourth-order valence-electron chi connectivity index (χ4n) is 2.14. The Kier molecular flexibility index (Phi) is 6.38. The van der Waals surface area contributed by atoms with E-state index in [0.29, 0.717) is 5.78 Å². The van der Waals surface area contributed by atoms with Gasteiger partial charge in [0.05, 0.1) is 0 Å². The van der Waals surface area contributed by atoms with Gasteiger partial charge in [-0.3, -0.25) is 4.79 Å². The van der Waals surface area contributed by atoms with E-state index in [1.54, 1.807) is 0 Å². The van der Waals surface area contributed by atoms with Crippen molar-refractivity contribution < 1.29 is 4.79 Å². The van der Waals surface area contributed by atoms with E-state index in [0.717, 1.165) is 31.3 Å². The number of allylic oxidation sites excluding steroid dienone is 2. The molecular formula is C14H24O. The standard InChI is InChI=1S/C14H24O/c1-2-3-4-9-12-14(15)13-10-7-5-6-8-11-13/h10H,2-9,11-12H2,1H3. The summed E-state index contributed by atoms with van der Waals surface area (Å²) in [5.41, 5.74) is 1.13. The molecule has 0 saturated heterocycles. The molecule has 0 aliphatic heterocycles. The fourth-order valence-corrected chi connectivity index (χ4v) is 2.14. The van der Waals surface area contributed by atoms with Gasteiger partial charge in [0.1, 0.15) is 0 Å². The van der Waals surface area contributed by atoms with Crippen molar-refractivity contribution in [3.8, 4) is 0 Å². The molecule has 1 rings (SSSR count). The van der Waals surface area contributed by atoms with E-state index in [4.69, 9.17) is 0 Å². The molecule has 86 valence electrons. The third-order valence-corrected chi connectivity index (χ3v) is 3.16. The summed E-state index contributed by atoms with van der Waals surface area (Å²) in [6.45, 7) is 2.20. The van der Waals surface area contributed by atoms with Gasteiger partial charge in [-0.25, -0.2) is 0 Å². The number of carbonyl (C=O) groups excluding carboxylic acids is 1. The summed E-state index contributed by atoms with van der Waals surface area (Å²) in [4.78, 5) is 11.8. The van der Waals surface area contributed by atoms with Crippen LogP contribution in [0.25, 0.3) is 0 Å². The van der Waals surface area contributed by atoms with Gasteiger partial charge in [-0.1, -0.05) is 38.7 Å². The molecule has 1 aliphatic carbocycles. The molecule has 0 aromatic heterocycles. The molecule has 0 heterocycles. The van der Waals surface area contributed by atoms with Gasteiger partial charge >= 0.3 is 0 Å². The van der Waals surface area contributed by atoms with Gasteiger partial charge in [0.2, 0.25) is 0 Å². The molecule has 0 spiro atoms. The Morgan fingerprint density at radius 2 is 2.07 bits per heavy atom. The highest BCUT2D eigenvalue weighted by Gasteiger charge is 2.10. The molecule has 0 radical (unpaired) electrons. The van der Waals surface area contributed by atoms with Crippen molar-refractivity contribution in [2.45, 2.75) is 71.1 Å². The number of ketones is 1. The molecule has 1 nitrogen and oxygen atoms in total. The normalized spacial score (nSPS) is 17.0. The monoisotopic (exact) mass is 208 g/mol. The number of Topliss-reactive ketones (excluding diaryl/α,β-unsaturated/α-hetero) is 1. The van der Waals surface area contributed by atoms with Crippen LogP contribution in [-0.2, 0) is 4.79 Å². The van der Waals surface area contributed by atoms with Gasteiger partial charge in [0, 0.05) is 6.42 Å². The van der Waals surface area contributed by atoms with Crippen molar-refractivity contribution in [1.82, 2.24) is 0 Å². The lowest BCUT2D eigenvalue weighted by Gasteiger charge is -2.04. The van der Waals surface area contributed by atoms with Gasteiger partial charge in [-0.05, 0) is 37.7 Å². The quantitative estimate of drug-likeness (QED) is 0.591. The zero-order valence-corrected chi connectivity index (χ0v) is 10.1. The molecule has 0 N–H and O–H groups in total. The molecule has 0 amide bonds. The number of unbranched alkanes of at least 4 members (excludes halogenated alkanes) is 3. The Balaban J connectivity index is 2.22. The minimum absolute atomic E-state index is 0.424. The number of hydrogen-bond donors (Lipinski definition) is 0. The maximum atomic E-state index is 11.8. The Morgan fingerprint density at radius 3 is 2.87 bits per heavy atom. The van der Waals surface area contributed by atoms with Crippen LogP contribution in [0.4, 0.5) is 0 Å². The minimum Gasteiger partial charge on any atom is -0.295 e. The van der Waals surface area contributed by atoms with Crippen LogP contribution in [0.15, 0.2) is 11.6 Å².